The smallest absolute Gasteiger partial charge is 0.271 e. The van der Waals surface area contributed by atoms with Crippen molar-refractivity contribution in [3.8, 4) is 0 Å². The highest BCUT2D eigenvalue weighted by atomic mass is 35.5. The summed E-state index contributed by atoms with van der Waals surface area (Å²) in [6.45, 7) is 3.84. The number of non-ortho nitro benzene ring substituents is 1. The fraction of sp³-hybridized carbons (Fsp3) is 0.333. The summed E-state index contributed by atoms with van der Waals surface area (Å²) in [6, 6.07) is 3.91. The van der Waals surface area contributed by atoms with Crippen LogP contribution in [-0.4, -0.2) is 36.8 Å². The van der Waals surface area contributed by atoms with Crippen molar-refractivity contribution in [3.05, 3.63) is 33.3 Å². The SMILES string of the molecule is CC(C)n1nnnc1SCC(=O)Nc1cc([N+](=O)[O-])ccc1Cl. The number of halogens is 1. The van der Waals surface area contributed by atoms with E-state index in [1.165, 1.54) is 18.2 Å². The van der Waals surface area contributed by atoms with Crippen LogP contribution in [0.5, 0.6) is 0 Å². The molecule has 2 aromatic rings. The summed E-state index contributed by atoms with van der Waals surface area (Å²) in [6.07, 6.45) is 0. The zero-order valence-electron chi connectivity index (χ0n) is 12.3. The fourth-order valence-corrected chi connectivity index (χ4v) is 2.61. The summed E-state index contributed by atoms with van der Waals surface area (Å²) in [7, 11) is 0. The molecule has 1 N–H and O–H groups in total. The summed E-state index contributed by atoms with van der Waals surface area (Å²) in [5.74, 6) is -0.317. The van der Waals surface area contributed by atoms with Crippen LogP contribution in [0.15, 0.2) is 23.4 Å². The normalized spacial score (nSPS) is 10.8. The van der Waals surface area contributed by atoms with E-state index in [2.05, 4.69) is 20.8 Å². The number of nitro benzene ring substituents is 1. The first-order chi connectivity index (χ1) is 10.9. The number of carbonyl (C=O) groups excluding carboxylic acids is 1. The lowest BCUT2D eigenvalue weighted by atomic mass is 10.3. The lowest BCUT2D eigenvalue weighted by Gasteiger charge is -2.08. The first-order valence-corrected chi connectivity index (χ1v) is 7.89. The highest BCUT2D eigenvalue weighted by Crippen LogP contribution is 2.27. The number of hydrogen-bond donors (Lipinski definition) is 1. The van der Waals surface area contributed by atoms with Gasteiger partial charge in [0.05, 0.1) is 27.4 Å². The molecular weight excluding hydrogens is 344 g/mol. The molecule has 1 aromatic carbocycles. The van der Waals surface area contributed by atoms with Gasteiger partial charge in [-0.2, -0.15) is 0 Å². The maximum atomic E-state index is 12.0. The van der Waals surface area contributed by atoms with E-state index in [1.807, 2.05) is 13.8 Å². The standard InChI is InChI=1S/C12H13ClN6O3S/c1-7(2)18-12(15-16-17-18)23-6-11(20)14-10-5-8(19(21)22)3-4-9(10)13/h3-5,7H,6H2,1-2H3,(H,14,20). The average molecular weight is 357 g/mol. The molecule has 0 aliphatic heterocycles. The van der Waals surface area contributed by atoms with Crippen molar-refractivity contribution in [1.29, 1.82) is 0 Å². The summed E-state index contributed by atoms with van der Waals surface area (Å²) < 4.78 is 1.60. The molecule has 0 spiro atoms. The molecule has 0 saturated heterocycles. The van der Waals surface area contributed by atoms with Gasteiger partial charge in [0.25, 0.3) is 5.69 Å². The van der Waals surface area contributed by atoms with Gasteiger partial charge in [-0.15, -0.1) is 5.10 Å². The molecule has 0 saturated carbocycles. The maximum absolute atomic E-state index is 12.0. The Balaban J connectivity index is 2.01. The van der Waals surface area contributed by atoms with Crippen LogP contribution >= 0.6 is 23.4 Å². The van der Waals surface area contributed by atoms with Gasteiger partial charge in [0, 0.05) is 12.1 Å². The first-order valence-electron chi connectivity index (χ1n) is 6.53. The fourth-order valence-electron chi connectivity index (χ4n) is 1.64. The van der Waals surface area contributed by atoms with Crippen LogP contribution in [-0.2, 0) is 4.79 Å². The molecule has 0 fully saturated rings. The summed E-state index contributed by atoms with van der Waals surface area (Å²) in [5, 5.41) is 25.3. The van der Waals surface area contributed by atoms with E-state index in [4.69, 9.17) is 11.6 Å². The maximum Gasteiger partial charge on any atom is 0.271 e. The number of nitro groups is 1. The van der Waals surface area contributed by atoms with Gasteiger partial charge < -0.3 is 5.32 Å². The third-order valence-electron chi connectivity index (χ3n) is 2.72. The minimum Gasteiger partial charge on any atom is -0.324 e. The predicted octanol–water partition coefficient (Wildman–Crippen LogP) is 2.55. The molecule has 23 heavy (non-hydrogen) atoms. The van der Waals surface area contributed by atoms with E-state index in [0.717, 1.165) is 11.8 Å². The molecule has 122 valence electrons. The van der Waals surface area contributed by atoms with Gasteiger partial charge in [0.2, 0.25) is 11.1 Å². The molecule has 1 heterocycles. The monoisotopic (exact) mass is 356 g/mol. The molecule has 0 aliphatic carbocycles. The van der Waals surface area contributed by atoms with E-state index in [1.54, 1.807) is 4.68 Å². The van der Waals surface area contributed by atoms with Crippen LogP contribution < -0.4 is 5.32 Å². The zero-order chi connectivity index (χ0) is 17.0. The van der Waals surface area contributed by atoms with E-state index in [-0.39, 0.29) is 34.1 Å². The van der Waals surface area contributed by atoms with E-state index in [9.17, 15) is 14.9 Å². The van der Waals surface area contributed by atoms with Gasteiger partial charge >= 0.3 is 0 Å². The number of amides is 1. The van der Waals surface area contributed by atoms with Crippen LogP contribution in [0.3, 0.4) is 0 Å². The molecule has 9 nitrogen and oxygen atoms in total. The number of nitrogens with zero attached hydrogens (tertiary/aromatic N) is 5. The van der Waals surface area contributed by atoms with Gasteiger partial charge in [0.15, 0.2) is 0 Å². The number of anilines is 1. The number of rotatable bonds is 6. The Labute approximate surface area is 140 Å². The average Bonchev–Trinajstić information content (AvgIpc) is 2.96. The van der Waals surface area contributed by atoms with E-state index in [0.29, 0.717) is 5.16 Å². The second-order valence-corrected chi connectivity index (χ2v) is 6.11. The van der Waals surface area contributed by atoms with Gasteiger partial charge in [-0.05, 0) is 30.3 Å². The Hall–Kier alpha value is -2.20. The molecule has 1 aromatic heterocycles. The van der Waals surface area contributed by atoms with Gasteiger partial charge in [-0.3, -0.25) is 14.9 Å². The molecule has 0 atom stereocenters. The minimum absolute atomic E-state index is 0.0477. The number of carbonyl (C=O) groups is 1. The Morgan fingerprint density at radius 3 is 2.91 bits per heavy atom. The quantitative estimate of drug-likeness (QED) is 0.480. The number of nitrogens with one attached hydrogen (secondary N) is 1. The van der Waals surface area contributed by atoms with E-state index < -0.39 is 4.92 Å². The number of thioether (sulfide) groups is 1. The van der Waals surface area contributed by atoms with Crippen LogP contribution in [0.2, 0.25) is 5.02 Å². The Kier molecular flexibility index (Phi) is 5.50. The molecule has 0 aliphatic rings. The van der Waals surface area contributed by atoms with E-state index >= 15 is 0 Å². The first kappa shape index (κ1) is 17.2. The van der Waals surface area contributed by atoms with Crippen LogP contribution in [0.4, 0.5) is 11.4 Å². The summed E-state index contributed by atoms with van der Waals surface area (Å²) in [4.78, 5) is 22.2. The van der Waals surface area contributed by atoms with Crippen LogP contribution in [0, 0.1) is 10.1 Å². The second kappa shape index (κ2) is 7.38. The van der Waals surface area contributed by atoms with Gasteiger partial charge in [-0.1, -0.05) is 23.4 Å². The highest BCUT2D eigenvalue weighted by Gasteiger charge is 2.15. The molecule has 1 amide bonds. The summed E-state index contributed by atoms with van der Waals surface area (Å²) >= 11 is 7.09. The Bertz CT molecular complexity index is 735. The Morgan fingerprint density at radius 1 is 1.52 bits per heavy atom. The molecule has 11 heteroatoms. The minimum atomic E-state index is -0.558. The van der Waals surface area contributed by atoms with Crippen molar-refractivity contribution in [2.24, 2.45) is 0 Å². The topological polar surface area (TPSA) is 116 Å². The summed E-state index contributed by atoms with van der Waals surface area (Å²) in [5.41, 5.74) is 0.0380. The third kappa shape index (κ3) is 4.39. The molecule has 0 unspecified atom stereocenters. The molecule has 2 rings (SSSR count). The predicted molar refractivity (Wildman–Crippen MR) is 85.7 cm³/mol. The van der Waals surface area contributed by atoms with Crippen molar-refractivity contribution in [2.75, 3.05) is 11.1 Å². The lowest BCUT2D eigenvalue weighted by molar-refractivity contribution is -0.384. The van der Waals surface area contributed by atoms with Crippen molar-refractivity contribution >= 4 is 40.6 Å². The van der Waals surface area contributed by atoms with Crippen molar-refractivity contribution < 1.29 is 9.72 Å². The van der Waals surface area contributed by atoms with Gasteiger partial charge in [-0.25, -0.2) is 4.68 Å². The van der Waals surface area contributed by atoms with Crippen LogP contribution in [0.1, 0.15) is 19.9 Å². The van der Waals surface area contributed by atoms with Crippen LogP contribution in [0.25, 0.3) is 0 Å². The zero-order valence-corrected chi connectivity index (χ0v) is 13.8. The third-order valence-corrected chi connectivity index (χ3v) is 3.98. The molecule has 0 bridgehead atoms. The lowest BCUT2D eigenvalue weighted by Crippen LogP contribution is -2.15. The number of benzene rings is 1. The van der Waals surface area contributed by atoms with Crippen molar-refractivity contribution in [2.45, 2.75) is 25.0 Å². The number of hydrogen-bond acceptors (Lipinski definition) is 7. The molecular formula is C12H13ClN6O3S. The largest absolute Gasteiger partial charge is 0.324 e. The van der Waals surface area contributed by atoms with Gasteiger partial charge in [0.1, 0.15) is 0 Å². The van der Waals surface area contributed by atoms with Crippen molar-refractivity contribution in [1.82, 2.24) is 20.2 Å². The Morgan fingerprint density at radius 2 is 2.26 bits per heavy atom. The van der Waals surface area contributed by atoms with Crippen molar-refractivity contribution in [3.63, 3.8) is 0 Å². The highest BCUT2D eigenvalue weighted by molar-refractivity contribution is 7.99. The number of aromatic nitrogens is 4. The molecule has 0 radical (unpaired) electrons. The second-order valence-electron chi connectivity index (χ2n) is 4.76. The number of tetrazole rings is 1.